The lowest BCUT2D eigenvalue weighted by Gasteiger charge is -2.30. The third kappa shape index (κ3) is 3.61. The highest BCUT2D eigenvalue weighted by Crippen LogP contribution is 2.43. The van der Waals surface area contributed by atoms with Crippen LogP contribution in [0, 0.1) is 11.8 Å². The number of β-amino-alcohol motifs (C(OH)–C–C–N with tert-alkyl or cyclic N) is 1. The van der Waals surface area contributed by atoms with E-state index in [2.05, 4.69) is 34.1 Å². The molecule has 2 aliphatic rings. The molecule has 1 aliphatic heterocycles. The van der Waals surface area contributed by atoms with Gasteiger partial charge in [-0.05, 0) is 48.8 Å². The molecule has 5 nitrogen and oxygen atoms in total. The lowest BCUT2D eigenvalue weighted by Crippen LogP contribution is -2.38. The number of aromatic nitrogens is 1. The lowest BCUT2D eigenvalue weighted by molar-refractivity contribution is 0.0856. The summed E-state index contributed by atoms with van der Waals surface area (Å²) < 4.78 is 0. The Kier molecular flexibility index (Phi) is 4.94. The van der Waals surface area contributed by atoms with E-state index in [1.807, 2.05) is 6.07 Å². The SMILES string of the molecule is Oc1ccc([C@H](O)CN2CC3CC(O)CC3C2Cc2ccccc2)nc1. The van der Waals surface area contributed by atoms with Gasteiger partial charge in [0, 0.05) is 19.1 Å². The lowest BCUT2D eigenvalue weighted by atomic mass is 9.90. The first-order valence-electron chi connectivity index (χ1n) is 9.39. The first-order valence-corrected chi connectivity index (χ1v) is 9.39. The number of rotatable bonds is 5. The van der Waals surface area contributed by atoms with Gasteiger partial charge in [-0.3, -0.25) is 9.88 Å². The zero-order chi connectivity index (χ0) is 18.1. The minimum Gasteiger partial charge on any atom is -0.506 e. The van der Waals surface area contributed by atoms with Crippen LogP contribution in [-0.2, 0) is 6.42 Å². The molecule has 1 saturated carbocycles. The van der Waals surface area contributed by atoms with Gasteiger partial charge >= 0.3 is 0 Å². The van der Waals surface area contributed by atoms with E-state index in [-0.39, 0.29) is 11.9 Å². The van der Waals surface area contributed by atoms with E-state index in [1.165, 1.54) is 11.8 Å². The number of aliphatic hydroxyl groups is 2. The van der Waals surface area contributed by atoms with Crippen LogP contribution >= 0.6 is 0 Å². The van der Waals surface area contributed by atoms with E-state index < -0.39 is 6.10 Å². The summed E-state index contributed by atoms with van der Waals surface area (Å²) in [7, 11) is 0. The van der Waals surface area contributed by atoms with E-state index in [1.54, 1.807) is 12.1 Å². The normalized spacial score (nSPS) is 29.6. The first-order chi connectivity index (χ1) is 12.6. The molecule has 4 unspecified atom stereocenters. The van der Waals surface area contributed by atoms with Crippen molar-refractivity contribution >= 4 is 0 Å². The van der Waals surface area contributed by atoms with Crippen LogP contribution < -0.4 is 0 Å². The Bertz CT molecular complexity index is 722. The van der Waals surface area contributed by atoms with Crippen molar-refractivity contribution in [3.63, 3.8) is 0 Å². The molecule has 1 aromatic heterocycles. The van der Waals surface area contributed by atoms with Crippen molar-refractivity contribution < 1.29 is 15.3 Å². The number of aromatic hydroxyl groups is 1. The van der Waals surface area contributed by atoms with Gasteiger partial charge in [0.15, 0.2) is 0 Å². The molecule has 2 heterocycles. The van der Waals surface area contributed by atoms with Crippen LogP contribution in [0.2, 0.25) is 0 Å². The van der Waals surface area contributed by atoms with Gasteiger partial charge in [-0.2, -0.15) is 0 Å². The van der Waals surface area contributed by atoms with E-state index >= 15 is 0 Å². The summed E-state index contributed by atoms with van der Waals surface area (Å²) in [5, 5.41) is 30.1. The maximum absolute atomic E-state index is 10.6. The van der Waals surface area contributed by atoms with Gasteiger partial charge in [0.1, 0.15) is 11.9 Å². The highest BCUT2D eigenvalue weighted by Gasteiger charge is 2.47. The Labute approximate surface area is 153 Å². The zero-order valence-corrected chi connectivity index (χ0v) is 14.8. The Morgan fingerprint density at radius 3 is 2.65 bits per heavy atom. The number of likely N-dealkylation sites (tertiary alicyclic amines) is 1. The summed E-state index contributed by atoms with van der Waals surface area (Å²) >= 11 is 0. The monoisotopic (exact) mass is 354 g/mol. The maximum atomic E-state index is 10.6. The second kappa shape index (κ2) is 7.35. The van der Waals surface area contributed by atoms with Crippen molar-refractivity contribution in [2.45, 2.75) is 37.5 Å². The maximum Gasteiger partial charge on any atom is 0.133 e. The van der Waals surface area contributed by atoms with Crippen molar-refractivity contribution in [1.29, 1.82) is 0 Å². The highest BCUT2D eigenvalue weighted by molar-refractivity contribution is 5.20. The van der Waals surface area contributed by atoms with Crippen molar-refractivity contribution in [3.8, 4) is 5.75 Å². The Morgan fingerprint density at radius 1 is 1.12 bits per heavy atom. The number of aliphatic hydroxyl groups excluding tert-OH is 2. The molecule has 2 aromatic rings. The number of benzene rings is 1. The molecule has 1 aliphatic carbocycles. The zero-order valence-electron chi connectivity index (χ0n) is 14.8. The van der Waals surface area contributed by atoms with E-state index in [0.29, 0.717) is 30.1 Å². The summed E-state index contributed by atoms with van der Waals surface area (Å²) in [6.45, 7) is 1.44. The second-order valence-electron chi connectivity index (χ2n) is 7.72. The van der Waals surface area contributed by atoms with Crippen LogP contribution in [-0.4, -0.2) is 50.4 Å². The van der Waals surface area contributed by atoms with Crippen molar-refractivity contribution in [2.75, 3.05) is 13.1 Å². The molecule has 5 heteroatoms. The third-order valence-electron chi connectivity index (χ3n) is 5.96. The van der Waals surface area contributed by atoms with E-state index in [0.717, 1.165) is 25.8 Å². The van der Waals surface area contributed by atoms with Crippen molar-refractivity contribution in [3.05, 3.63) is 59.9 Å². The van der Waals surface area contributed by atoms with Crippen LogP contribution in [0.15, 0.2) is 48.7 Å². The molecule has 1 saturated heterocycles. The topological polar surface area (TPSA) is 76.8 Å². The molecular formula is C21H26N2O3. The summed E-state index contributed by atoms with van der Waals surface area (Å²) in [6, 6.07) is 14.0. The smallest absolute Gasteiger partial charge is 0.133 e. The van der Waals surface area contributed by atoms with Gasteiger partial charge in [0.2, 0.25) is 0 Å². The molecule has 138 valence electrons. The summed E-state index contributed by atoms with van der Waals surface area (Å²) in [4.78, 5) is 6.52. The Hall–Kier alpha value is -1.95. The predicted octanol–water partition coefficient (Wildman–Crippen LogP) is 2.13. The molecule has 26 heavy (non-hydrogen) atoms. The second-order valence-corrected chi connectivity index (χ2v) is 7.72. The molecule has 0 spiro atoms. The molecule has 4 rings (SSSR count). The van der Waals surface area contributed by atoms with Crippen LogP contribution in [0.1, 0.15) is 30.2 Å². The minimum atomic E-state index is -0.683. The summed E-state index contributed by atoms with van der Waals surface area (Å²) in [5.41, 5.74) is 1.88. The third-order valence-corrected chi connectivity index (χ3v) is 5.96. The van der Waals surface area contributed by atoms with Gasteiger partial charge in [0.25, 0.3) is 0 Å². The molecule has 1 aromatic carbocycles. The summed E-state index contributed by atoms with van der Waals surface area (Å²) in [6.07, 6.45) is 3.15. The molecule has 3 N–H and O–H groups in total. The quantitative estimate of drug-likeness (QED) is 0.767. The molecule has 0 radical (unpaired) electrons. The van der Waals surface area contributed by atoms with Crippen LogP contribution in [0.25, 0.3) is 0 Å². The number of hydrogen-bond donors (Lipinski definition) is 3. The fourth-order valence-electron chi connectivity index (χ4n) is 4.77. The molecule has 0 amide bonds. The van der Waals surface area contributed by atoms with Crippen LogP contribution in [0.4, 0.5) is 0 Å². The number of nitrogens with zero attached hydrogens (tertiary/aromatic N) is 2. The van der Waals surface area contributed by atoms with Crippen molar-refractivity contribution in [1.82, 2.24) is 9.88 Å². The highest BCUT2D eigenvalue weighted by atomic mass is 16.3. The van der Waals surface area contributed by atoms with Gasteiger partial charge in [-0.1, -0.05) is 30.3 Å². The molecular weight excluding hydrogens is 328 g/mol. The number of hydrogen-bond acceptors (Lipinski definition) is 5. The van der Waals surface area contributed by atoms with Gasteiger partial charge < -0.3 is 15.3 Å². The predicted molar refractivity (Wildman–Crippen MR) is 98.6 cm³/mol. The van der Waals surface area contributed by atoms with Gasteiger partial charge in [-0.25, -0.2) is 0 Å². The largest absolute Gasteiger partial charge is 0.506 e. The van der Waals surface area contributed by atoms with E-state index in [9.17, 15) is 15.3 Å². The molecule has 0 bridgehead atoms. The number of fused-ring (bicyclic) bond motifs is 1. The van der Waals surface area contributed by atoms with Crippen LogP contribution in [0.5, 0.6) is 5.75 Å². The van der Waals surface area contributed by atoms with Crippen LogP contribution in [0.3, 0.4) is 0 Å². The molecule has 5 atom stereocenters. The van der Waals surface area contributed by atoms with Crippen molar-refractivity contribution in [2.24, 2.45) is 11.8 Å². The Balaban J connectivity index is 1.50. The Morgan fingerprint density at radius 2 is 1.92 bits per heavy atom. The standard InChI is InChI=1S/C21H26N2O3/c24-16-6-7-19(22-11-16)21(26)13-23-12-15-9-17(25)10-18(15)20(23)8-14-4-2-1-3-5-14/h1-7,11,15,17-18,20-21,24-26H,8-10,12-13H2/t15?,17?,18?,20?,21-/m1/s1. The minimum absolute atomic E-state index is 0.104. The van der Waals surface area contributed by atoms with Gasteiger partial charge in [0.05, 0.1) is 18.0 Å². The van der Waals surface area contributed by atoms with Gasteiger partial charge in [-0.15, -0.1) is 0 Å². The average molecular weight is 354 g/mol. The van der Waals surface area contributed by atoms with E-state index in [4.69, 9.17) is 0 Å². The average Bonchev–Trinajstić information content (AvgIpc) is 3.13. The fraction of sp³-hybridized carbons (Fsp3) is 0.476. The number of pyridine rings is 1. The molecule has 2 fully saturated rings. The fourth-order valence-corrected chi connectivity index (χ4v) is 4.77. The first kappa shape index (κ1) is 17.5. The summed E-state index contributed by atoms with van der Waals surface area (Å²) in [5.74, 6) is 1.08.